The Hall–Kier alpha value is -1.75. The van der Waals surface area contributed by atoms with Gasteiger partial charge in [-0.05, 0) is 23.8 Å². The second kappa shape index (κ2) is 8.32. The molecule has 2 saturated heterocycles. The number of hydrogen-bond donors (Lipinski definition) is 2. The third-order valence-electron chi connectivity index (χ3n) is 4.53. The van der Waals surface area contributed by atoms with E-state index in [2.05, 4.69) is 5.32 Å². The lowest BCUT2D eigenvalue weighted by molar-refractivity contribution is -0.124. The fourth-order valence-electron chi connectivity index (χ4n) is 3.02. The first kappa shape index (κ1) is 19.6. The molecule has 28 heavy (non-hydrogen) atoms. The number of carbonyl (C=O) groups is 2. The van der Waals surface area contributed by atoms with Crippen LogP contribution < -0.4 is 14.8 Å². The maximum atomic E-state index is 12.7. The van der Waals surface area contributed by atoms with Crippen LogP contribution >= 0.6 is 35.7 Å². The highest BCUT2D eigenvalue weighted by atomic mass is 32.2. The van der Waals surface area contributed by atoms with Crippen molar-refractivity contribution in [3.63, 3.8) is 0 Å². The maximum Gasteiger partial charge on any atom is 0.266 e. The predicted octanol–water partition coefficient (Wildman–Crippen LogP) is 1.60. The van der Waals surface area contributed by atoms with E-state index in [1.807, 2.05) is 12.1 Å². The molecule has 2 fully saturated rings. The van der Waals surface area contributed by atoms with Gasteiger partial charge in [0, 0.05) is 24.5 Å². The number of nitrogens with one attached hydrogen (secondary N) is 1. The lowest BCUT2D eigenvalue weighted by Crippen LogP contribution is -2.43. The topological polar surface area (TPSA) is 88.1 Å². The molecule has 0 bridgehead atoms. The van der Waals surface area contributed by atoms with Crippen molar-refractivity contribution in [1.82, 2.24) is 10.2 Å². The second-order valence-corrected chi connectivity index (χ2v) is 9.23. The van der Waals surface area contributed by atoms with Crippen LogP contribution in [0.1, 0.15) is 12.0 Å². The molecule has 0 radical (unpaired) electrons. The molecular weight excluding hydrogens is 420 g/mol. The molecule has 10 heteroatoms. The van der Waals surface area contributed by atoms with E-state index in [0.717, 1.165) is 5.56 Å². The fraction of sp³-hybridized carbons (Fsp3) is 0.389. The molecule has 3 aliphatic rings. The molecular formula is C18H18N2O5S3. The number of benzene rings is 1. The molecule has 1 aromatic carbocycles. The van der Waals surface area contributed by atoms with E-state index < -0.39 is 6.10 Å². The number of rotatable bonds is 5. The van der Waals surface area contributed by atoms with Gasteiger partial charge in [-0.3, -0.25) is 14.5 Å². The van der Waals surface area contributed by atoms with E-state index in [4.69, 9.17) is 21.7 Å². The minimum atomic E-state index is -0.518. The first-order chi connectivity index (χ1) is 13.5. The fourth-order valence-corrected chi connectivity index (χ4v) is 5.50. The Kier molecular flexibility index (Phi) is 5.81. The Morgan fingerprint density at radius 1 is 1.36 bits per heavy atom. The number of fused-ring (bicyclic) bond motifs is 1. The van der Waals surface area contributed by atoms with E-state index in [1.54, 1.807) is 23.9 Å². The van der Waals surface area contributed by atoms with Gasteiger partial charge in [0.2, 0.25) is 12.7 Å². The highest BCUT2D eigenvalue weighted by Gasteiger charge is 2.33. The number of carbonyl (C=O) groups excluding carboxylic acids is 2. The molecule has 2 N–H and O–H groups in total. The first-order valence-corrected chi connectivity index (χ1v) is 11.1. The van der Waals surface area contributed by atoms with Crippen molar-refractivity contribution < 1.29 is 24.2 Å². The summed E-state index contributed by atoms with van der Waals surface area (Å²) in [5.41, 5.74) is 0.815. The van der Waals surface area contributed by atoms with Crippen LogP contribution in [0.25, 0.3) is 6.08 Å². The molecule has 1 aromatic rings. The van der Waals surface area contributed by atoms with Gasteiger partial charge >= 0.3 is 0 Å². The summed E-state index contributed by atoms with van der Waals surface area (Å²) in [7, 11) is 0. The summed E-state index contributed by atoms with van der Waals surface area (Å²) in [6, 6.07) is 5.23. The van der Waals surface area contributed by atoms with Gasteiger partial charge in [0.05, 0.1) is 17.1 Å². The van der Waals surface area contributed by atoms with Crippen LogP contribution in [0.3, 0.4) is 0 Å². The van der Waals surface area contributed by atoms with Gasteiger partial charge in [-0.25, -0.2) is 0 Å². The molecule has 0 spiro atoms. The minimum Gasteiger partial charge on any atom is -0.454 e. The summed E-state index contributed by atoms with van der Waals surface area (Å²) < 4.78 is 11.1. The molecule has 3 heterocycles. The van der Waals surface area contributed by atoms with Gasteiger partial charge in [-0.15, -0.1) is 0 Å². The quantitative estimate of drug-likeness (QED) is 0.530. The van der Waals surface area contributed by atoms with Gasteiger partial charge in [-0.2, -0.15) is 11.8 Å². The average Bonchev–Trinajstić information content (AvgIpc) is 3.35. The lowest BCUT2D eigenvalue weighted by atomic mass is 10.2. The molecule has 7 nitrogen and oxygen atoms in total. The van der Waals surface area contributed by atoms with E-state index in [-0.39, 0.29) is 37.6 Å². The zero-order valence-corrected chi connectivity index (χ0v) is 17.2. The molecule has 0 aliphatic carbocycles. The van der Waals surface area contributed by atoms with Crippen LogP contribution in [0.15, 0.2) is 23.1 Å². The predicted molar refractivity (Wildman–Crippen MR) is 112 cm³/mol. The number of hydrogen-bond acceptors (Lipinski definition) is 8. The first-order valence-electron chi connectivity index (χ1n) is 8.71. The summed E-state index contributed by atoms with van der Waals surface area (Å²) in [6.07, 6.45) is 1.38. The normalized spacial score (nSPS) is 25.0. The minimum absolute atomic E-state index is 0.137. The third kappa shape index (κ3) is 4.14. The number of aliphatic hydroxyl groups is 1. The molecule has 4 rings (SSSR count). The maximum absolute atomic E-state index is 12.7. The van der Waals surface area contributed by atoms with Crippen LogP contribution in [0.4, 0.5) is 0 Å². The second-order valence-electron chi connectivity index (χ2n) is 6.47. The van der Waals surface area contributed by atoms with Crippen molar-refractivity contribution in [2.75, 3.05) is 24.8 Å². The SMILES string of the molecule is O=C(CCN1C(=O)C(=Cc2ccc3c(c2)OCO3)SC1=S)NC1CSCC1O. The Morgan fingerprint density at radius 3 is 2.96 bits per heavy atom. The lowest BCUT2D eigenvalue weighted by Gasteiger charge is -2.18. The summed E-state index contributed by atoms with van der Waals surface area (Å²) in [5, 5.41) is 12.6. The Morgan fingerprint density at radius 2 is 2.18 bits per heavy atom. The van der Waals surface area contributed by atoms with Crippen molar-refractivity contribution in [2.45, 2.75) is 18.6 Å². The smallest absolute Gasteiger partial charge is 0.266 e. The van der Waals surface area contributed by atoms with Crippen molar-refractivity contribution in [2.24, 2.45) is 0 Å². The van der Waals surface area contributed by atoms with Crippen molar-refractivity contribution in [3.8, 4) is 11.5 Å². The summed E-state index contributed by atoms with van der Waals surface area (Å²) in [5.74, 6) is 2.25. The van der Waals surface area contributed by atoms with E-state index in [1.165, 1.54) is 16.7 Å². The number of thiocarbonyl (C=S) groups is 1. The Balaban J connectivity index is 1.36. The third-order valence-corrected chi connectivity index (χ3v) is 7.08. The number of amides is 2. The molecule has 3 aliphatic heterocycles. The number of aliphatic hydroxyl groups excluding tert-OH is 1. The van der Waals surface area contributed by atoms with E-state index in [9.17, 15) is 14.7 Å². The molecule has 148 valence electrons. The molecule has 0 saturated carbocycles. The van der Waals surface area contributed by atoms with E-state index in [0.29, 0.717) is 32.2 Å². The van der Waals surface area contributed by atoms with Gasteiger partial charge in [0.15, 0.2) is 11.5 Å². The zero-order valence-electron chi connectivity index (χ0n) is 14.8. The molecule has 2 unspecified atom stereocenters. The monoisotopic (exact) mass is 438 g/mol. The van der Waals surface area contributed by atoms with Gasteiger partial charge in [0.1, 0.15) is 4.32 Å². The molecule has 2 amide bonds. The van der Waals surface area contributed by atoms with Crippen molar-refractivity contribution in [1.29, 1.82) is 0 Å². The molecule has 0 aromatic heterocycles. The zero-order chi connectivity index (χ0) is 19.7. The highest BCUT2D eigenvalue weighted by molar-refractivity contribution is 8.26. The number of nitrogens with zero attached hydrogens (tertiary/aromatic N) is 1. The van der Waals surface area contributed by atoms with Crippen LogP contribution in [-0.4, -0.2) is 63.1 Å². The van der Waals surface area contributed by atoms with Crippen LogP contribution in [0, 0.1) is 0 Å². The highest BCUT2D eigenvalue weighted by Crippen LogP contribution is 2.36. The largest absolute Gasteiger partial charge is 0.454 e. The summed E-state index contributed by atoms with van der Waals surface area (Å²) in [4.78, 5) is 26.8. The number of thioether (sulfide) groups is 2. The standard InChI is InChI=1S/C18H18N2O5S3/c21-12-8-27-7-11(12)19-16(22)3-4-20-17(23)15(28-18(20)26)6-10-1-2-13-14(5-10)25-9-24-13/h1-2,5-6,11-12,21H,3-4,7-9H2,(H,19,22). The molecule has 2 atom stereocenters. The van der Waals surface area contributed by atoms with Crippen LogP contribution in [0.2, 0.25) is 0 Å². The van der Waals surface area contributed by atoms with Gasteiger partial charge < -0.3 is 19.9 Å². The summed E-state index contributed by atoms with van der Waals surface area (Å²) in [6.45, 7) is 0.407. The van der Waals surface area contributed by atoms with E-state index >= 15 is 0 Å². The van der Waals surface area contributed by atoms with Gasteiger partial charge in [0.25, 0.3) is 5.91 Å². The Bertz CT molecular complexity index is 860. The number of ether oxygens (including phenoxy) is 2. The van der Waals surface area contributed by atoms with Crippen LogP contribution in [0.5, 0.6) is 11.5 Å². The van der Waals surface area contributed by atoms with Crippen molar-refractivity contribution >= 4 is 58.0 Å². The average molecular weight is 439 g/mol. The van der Waals surface area contributed by atoms with Crippen molar-refractivity contribution in [3.05, 3.63) is 28.7 Å². The Labute approximate surface area is 175 Å². The van der Waals surface area contributed by atoms with Gasteiger partial charge in [-0.1, -0.05) is 30.0 Å². The van der Waals surface area contributed by atoms with Crippen LogP contribution in [-0.2, 0) is 9.59 Å². The summed E-state index contributed by atoms with van der Waals surface area (Å²) >= 11 is 8.14.